The minimum absolute atomic E-state index is 0.225. The Hall–Kier alpha value is -3.46. The number of benzene rings is 2. The fourth-order valence-corrected chi connectivity index (χ4v) is 2.64. The molecule has 0 aliphatic heterocycles. The van der Waals surface area contributed by atoms with E-state index in [4.69, 9.17) is 24.6 Å². The number of para-hydroxylation sites is 2. The molecule has 0 aliphatic carbocycles. The van der Waals surface area contributed by atoms with E-state index in [9.17, 15) is 4.79 Å². The van der Waals surface area contributed by atoms with Gasteiger partial charge < -0.3 is 19.3 Å². The van der Waals surface area contributed by atoms with Gasteiger partial charge in [-0.25, -0.2) is 4.79 Å². The van der Waals surface area contributed by atoms with Crippen LogP contribution in [0.25, 0.3) is 6.08 Å². The molecule has 6 heteroatoms. The molecule has 2 aromatic rings. The number of nitriles is 1. The van der Waals surface area contributed by atoms with Gasteiger partial charge in [-0.2, -0.15) is 5.26 Å². The highest BCUT2D eigenvalue weighted by atomic mass is 16.5. The molecule has 6 nitrogen and oxygen atoms in total. The second-order valence-electron chi connectivity index (χ2n) is 6.24. The highest BCUT2D eigenvalue weighted by molar-refractivity contribution is 5.97. The molecule has 0 radical (unpaired) electrons. The van der Waals surface area contributed by atoms with Crippen molar-refractivity contribution >= 4 is 12.0 Å². The third-order valence-corrected chi connectivity index (χ3v) is 4.01. The maximum absolute atomic E-state index is 11.1. The summed E-state index contributed by atoms with van der Waals surface area (Å²) >= 11 is 0. The smallest absolute Gasteiger partial charge is 0.346 e. The van der Waals surface area contributed by atoms with Crippen LogP contribution >= 0.6 is 0 Å². The number of carbonyl (C=O) groups is 1. The number of ether oxygens (including phenoxy) is 3. The van der Waals surface area contributed by atoms with Crippen molar-refractivity contribution in [2.24, 2.45) is 0 Å². The predicted octanol–water partition coefficient (Wildman–Crippen LogP) is 4.27. The van der Waals surface area contributed by atoms with Gasteiger partial charge in [0.2, 0.25) is 0 Å². The van der Waals surface area contributed by atoms with Crippen LogP contribution in [-0.2, 0) is 4.79 Å². The Bertz CT molecular complexity index is 896. The summed E-state index contributed by atoms with van der Waals surface area (Å²) in [5.41, 5.74) is 1.17. The molecular formula is C22H23NO5. The maximum Gasteiger partial charge on any atom is 0.346 e. The Morgan fingerprint density at radius 2 is 1.79 bits per heavy atom. The van der Waals surface area contributed by atoms with E-state index in [2.05, 4.69) is 13.8 Å². The van der Waals surface area contributed by atoms with Crippen molar-refractivity contribution in [2.75, 3.05) is 20.3 Å². The van der Waals surface area contributed by atoms with Crippen LogP contribution < -0.4 is 14.2 Å². The van der Waals surface area contributed by atoms with Gasteiger partial charge in [-0.1, -0.05) is 44.2 Å². The summed E-state index contributed by atoms with van der Waals surface area (Å²) in [6, 6.07) is 14.6. The molecule has 0 aliphatic rings. The lowest BCUT2D eigenvalue weighted by Crippen LogP contribution is -2.11. The molecule has 146 valence electrons. The molecule has 1 N–H and O–H groups in total. The molecule has 0 unspecified atom stereocenters. The van der Waals surface area contributed by atoms with Crippen molar-refractivity contribution in [3.8, 4) is 23.3 Å². The van der Waals surface area contributed by atoms with Crippen molar-refractivity contribution in [3.05, 3.63) is 59.2 Å². The second-order valence-corrected chi connectivity index (χ2v) is 6.24. The summed E-state index contributed by atoms with van der Waals surface area (Å²) in [5, 5.41) is 18.1. The van der Waals surface area contributed by atoms with Gasteiger partial charge >= 0.3 is 5.97 Å². The van der Waals surface area contributed by atoms with Gasteiger partial charge in [0.1, 0.15) is 30.6 Å². The summed E-state index contributed by atoms with van der Waals surface area (Å²) in [7, 11) is 1.49. The Kier molecular flexibility index (Phi) is 7.46. The Morgan fingerprint density at radius 1 is 1.11 bits per heavy atom. The third-order valence-electron chi connectivity index (χ3n) is 4.01. The molecular weight excluding hydrogens is 358 g/mol. The first-order chi connectivity index (χ1) is 13.5. The average molecular weight is 381 g/mol. The van der Waals surface area contributed by atoms with Crippen LogP contribution in [0.3, 0.4) is 0 Å². The van der Waals surface area contributed by atoms with Crippen LogP contribution in [0.5, 0.6) is 17.2 Å². The summed E-state index contributed by atoms with van der Waals surface area (Å²) in [4.78, 5) is 11.1. The molecule has 0 atom stereocenters. The molecule has 0 saturated heterocycles. The normalized spacial score (nSPS) is 11.0. The fraction of sp³-hybridized carbons (Fsp3) is 0.273. The van der Waals surface area contributed by atoms with E-state index in [0.29, 0.717) is 29.6 Å². The largest absolute Gasteiger partial charge is 0.493 e. The molecule has 0 saturated carbocycles. The maximum atomic E-state index is 11.1. The van der Waals surface area contributed by atoms with Gasteiger partial charge in [0, 0.05) is 5.56 Å². The summed E-state index contributed by atoms with van der Waals surface area (Å²) in [5.74, 6) is 0.644. The minimum atomic E-state index is -1.30. The first-order valence-corrected chi connectivity index (χ1v) is 8.84. The van der Waals surface area contributed by atoms with Gasteiger partial charge in [-0.15, -0.1) is 0 Å². The van der Waals surface area contributed by atoms with E-state index in [1.807, 2.05) is 24.3 Å². The van der Waals surface area contributed by atoms with E-state index < -0.39 is 5.97 Å². The van der Waals surface area contributed by atoms with E-state index >= 15 is 0 Å². The number of methoxy groups -OCH3 is 1. The Morgan fingerprint density at radius 3 is 2.43 bits per heavy atom. The number of nitrogens with zero attached hydrogens (tertiary/aromatic N) is 1. The lowest BCUT2D eigenvalue weighted by molar-refractivity contribution is -0.132. The van der Waals surface area contributed by atoms with E-state index in [-0.39, 0.29) is 12.2 Å². The molecule has 0 spiro atoms. The van der Waals surface area contributed by atoms with Gasteiger partial charge in [0.15, 0.2) is 11.5 Å². The molecule has 0 amide bonds. The molecule has 0 heterocycles. The summed E-state index contributed by atoms with van der Waals surface area (Å²) < 4.78 is 17.0. The first kappa shape index (κ1) is 20.8. The van der Waals surface area contributed by atoms with E-state index in [1.54, 1.807) is 24.3 Å². The number of aliphatic carboxylic acids is 1. The van der Waals surface area contributed by atoms with Crippen LogP contribution in [0.1, 0.15) is 30.9 Å². The van der Waals surface area contributed by atoms with Gasteiger partial charge in [-0.3, -0.25) is 0 Å². The zero-order valence-corrected chi connectivity index (χ0v) is 16.1. The second kappa shape index (κ2) is 10.0. The van der Waals surface area contributed by atoms with Crippen LogP contribution in [0.15, 0.2) is 48.0 Å². The highest BCUT2D eigenvalue weighted by Gasteiger charge is 2.13. The minimum Gasteiger partial charge on any atom is -0.493 e. The number of hydrogen-bond acceptors (Lipinski definition) is 5. The van der Waals surface area contributed by atoms with Crippen molar-refractivity contribution in [2.45, 2.75) is 19.8 Å². The number of carboxylic acids is 1. The van der Waals surface area contributed by atoms with Crippen molar-refractivity contribution in [1.29, 1.82) is 5.26 Å². The molecule has 0 fully saturated rings. The van der Waals surface area contributed by atoms with Crippen molar-refractivity contribution in [1.82, 2.24) is 0 Å². The SMILES string of the molecule is COc1cccc(C=C(C#N)C(=O)O)c1OCCOc1ccccc1C(C)C. The van der Waals surface area contributed by atoms with Crippen LogP contribution in [0, 0.1) is 11.3 Å². The average Bonchev–Trinajstić information content (AvgIpc) is 2.69. The summed E-state index contributed by atoms with van der Waals surface area (Å²) in [6.45, 7) is 4.72. The third kappa shape index (κ3) is 5.27. The number of carboxylic acid groups (broad SMARTS) is 1. The van der Waals surface area contributed by atoms with E-state index in [1.165, 1.54) is 13.2 Å². The molecule has 2 rings (SSSR count). The standard InChI is InChI=1S/C22H23NO5/c1-15(2)18-8-4-5-9-19(18)27-11-12-28-21-16(7-6-10-20(21)26-3)13-17(14-23)22(24)25/h4-10,13,15H,11-12H2,1-3H3,(H,24,25). The monoisotopic (exact) mass is 381 g/mol. The van der Waals surface area contributed by atoms with Gasteiger partial charge in [0.25, 0.3) is 0 Å². The first-order valence-electron chi connectivity index (χ1n) is 8.84. The van der Waals surface area contributed by atoms with Crippen LogP contribution in [0.4, 0.5) is 0 Å². The van der Waals surface area contributed by atoms with Crippen molar-refractivity contribution < 1.29 is 24.1 Å². The Labute approximate surface area is 164 Å². The predicted molar refractivity (Wildman–Crippen MR) is 106 cm³/mol. The lowest BCUT2D eigenvalue weighted by atomic mass is 10.0. The topological polar surface area (TPSA) is 88.8 Å². The lowest BCUT2D eigenvalue weighted by Gasteiger charge is -2.16. The molecule has 2 aromatic carbocycles. The molecule has 0 bridgehead atoms. The van der Waals surface area contributed by atoms with Crippen LogP contribution in [0.2, 0.25) is 0 Å². The zero-order chi connectivity index (χ0) is 20.5. The quantitative estimate of drug-likeness (QED) is 0.396. The zero-order valence-electron chi connectivity index (χ0n) is 16.1. The highest BCUT2D eigenvalue weighted by Crippen LogP contribution is 2.33. The van der Waals surface area contributed by atoms with Gasteiger partial charge in [-0.05, 0) is 29.7 Å². The molecule has 28 heavy (non-hydrogen) atoms. The number of hydrogen-bond donors (Lipinski definition) is 1. The number of rotatable bonds is 9. The summed E-state index contributed by atoms with van der Waals surface area (Å²) in [6.07, 6.45) is 1.26. The van der Waals surface area contributed by atoms with E-state index in [0.717, 1.165) is 11.3 Å². The fourth-order valence-electron chi connectivity index (χ4n) is 2.64. The Balaban J connectivity index is 2.14. The van der Waals surface area contributed by atoms with Crippen LogP contribution in [-0.4, -0.2) is 31.4 Å². The van der Waals surface area contributed by atoms with Gasteiger partial charge in [0.05, 0.1) is 7.11 Å². The molecule has 0 aromatic heterocycles. The van der Waals surface area contributed by atoms with Crippen molar-refractivity contribution in [3.63, 3.8) is 0 Å².